The molecule has 0 heterocycles. The lowest BCUT2D eigenvalue weighted by Crippen LogP contribution is -2.22. The van der Waals surface area contributed by atoms with Gasteiger partial charge in [-0.05, 0) is 13.0 Å². The number of alkyl halides is 2. The number of allylic oxidation sites excluding steroid dienone is 1. The van der Waals surface area contributed by atoms with Crippen LogP contribution in [-0.2, 0) is 4.79 Å². The Morgan fingerprint density at radius 1 is 1.33 bits per heavy atom. The number of nitrogens with zero attached hydrogens (tertiary/aromatic N) is 1. The van der Waals surface area contributed by atoms with Crippen LogP contribution < -0.4 is 0 Å². The molecule has 0 rings (SSSR count). The van der Waals surface area contributed by atoms with E-state index in [2.05, 4.69) is 0 Å². The van der Waals surface area contributed by atoms with Crippen molar-refractivity contribution in [2.45, 2.75) is 6.92 Å². The number of carbonyl (C=O) groups is 1. The minimum atomic E-state index is 0.0316. The van der Waals surface area contributed by atoms with Crippen molar-refractivity contribution >= 4 is 29.0 Å². The molecule has 0 spiro atoms. The van der Waals surface area contributed by atoms with Crippen LogP contribution >= 0.6 is 23.2 Å². The van der Waals surface area contributed by atoms with Crippen molar-refractivity contribution in [3.05, 3.63) is 12.3 Å². The molecule has 0 aliphatic rings. The third-order valence-electron chi connectivity index (χ3n) is 1.26. The zero-order valence-corrected chi connectivity index (χ0v) is 8.61. The number of hydrogen-bond acceptors (Lipinski definition) is 2. The zero-order valence-electron chi connectivity index (χ0n) is 7.09. The van der Waals surface area contributed by atoms with Crippen molar-refractivity contribution in [3.63, 3.8) is 0 Å². The van der Waals surface area contributed by atoms with E-state index in [4.69, 9.17) is 23.2 Å². The van der Waals surface area contributed by atoms with E-state index < -0.39 is 0 Å². The molecule has 0 atom stereocenters. The van der Waals surface area contributed by atoms with E-state index in [1.807, 2.05) is 4.90 Å². The van der Waals surface area contributed by atoms with E-state index in [1.165, 1.54) is 13.0 Å². The van der Waals surface area contributed by atoms with Crippen LogP contribution in [0.5, 0.6) is 0 Å². The van der Waals surface area contributed by atoms with Crippen LogP contribution in [-0.4, -0.2) is 35.5 Å². The second-order valence-corrected chi connectivity index (χ2v) is 3.10. The second kappa shape index (κ2) is 7.44. The molecular weight excluding hydrogens is 197 g/mol. The third-order valence-corrected chi connectivity index (χ3v) is 1.60. The standard InChI is InChI=1S/C8H13Cl2NO/c1-8(12)2-5-11(6-3-9)7-4-10/h2,5H,3-4,6-7H2,1H3. The van der Waals surface area contributed by atoms with E-state index in [9.17, 15) is 4.79 Å². The molecule has 0 aromatic heterocycles. The summed E-state index contributed by atoms with van der Waals surface area (Å²) in [6.07, 6.45) is 3.24. The molecule has 0 N–H and O–H groups in total. The van der Waals surface area contributed by atoms with Crippen molar-refractivity contribution in [1.82, 2.24) is 4.90 Å². The van der Waals surface area contributed by atoms with Gasteiger partial charge in [-0.1, -0.05) is 0 Å². The summed E-state index contributed by atoms with van der Waals surface area (Å²) < 4.78 is 0. The van der Waals surface area contributed by atoms with Gasteiger partial charge in [-0.2, -0.15) is 0 Å². The van der Waals surface area contributed by atoms with Crippen molar-refractivity contribution in [2.24, 2.45) is 0 Å². The van der Waals surface area contributed by atoms with Crippen LogP contribution in [0, 0.1) is 0 Å². The van der Waals surface area contributed by atoms with Gasteiger partial charge in [0.25, 0.3) is 0 Å². The van der Waals surface area contributed by atoms with Gasteiger partial charge in [-0.15, -0.1) is 23.2 Å². The fourth-order valence-electron chi connectivity index (χ4n) is 0.688. The van der Waals surface area contributed by atoms with Crippen LogP contribution in [0.4, 0.5) is 0 Å². The Morgan fingerprint density at radius 2 is 1.83 bits per heavy atom. The average molecular weight is 210 g/mol. The minimum absolute atomic E-state index is 0.0316. The highest BCUT2D eigenvalue weighted by Crippen LogP contribution is 1.93. The molecule has 0 radical (unpaired) electrons. The smallest absolute Gasteiger partial charge is 0.154 e. The SMILES string of the molecule is CC(=O)C=CN(CCCl)CCCl. The predicted octanol–water partition coefficient (Wildman–Crippen LogP) is 1.87. The van der Waals surface area contributed by atoms with Crippen LogP contribution in [0.25, 0.3) is 0 Å². The minimum Gasteiger partial charge on any atom is -0.375 e. The first-order valence-corrected chi connectivity index (χ1v) is 4.82. The average Bonchev–Trinajstić information content (AvgIpc) is 2.01. The Labute approximate surface area is 83.1 Å². The van der Waals surface area contributed by atoms with Gasteiger partial charge < -0.3 is 4.90 Å². The van der Waals surface area contributed by atoms with Crippen LogP contribution in [0.15, 0.2) is 12.3 Å². The molecule has 0 saturated carbocycles. The molecule has 2 nitrogen and oxygen atoms in total. The van der Waals surface area contributed by atoms with Gasteiger partial charge in [0, 0.05) is 31.0 Å². The Morgan fingerprint density at radius 3 is 2.17 bits per heavy atom. The Balaban J connectivity index is 3.84. The topological polar surface area (TPSA) is 20.3 Å². The fourth-order valence-corrected chi connectivity index (χ4v) is 1.12. The van der Waals surface area contributed by atoms with Crippen LogP contribution in [0.1, 0.15) is 6.92 Å². The monoisotopic (exact) mass is 209 g/mol. The van der Waals surface area contributed by atoms with Gasteiger partial charge >= 0.3 is 0 Å². The van der Waals surface area contributed by atoms with Crippen LogP contribution in [0.3, 0.4) is 0 Å². The quantitative estimate of drug-likeness (QED) is 0.492. The van der Waals surface area contributed by atoms with Gasteiger partial charge in [0.15, 0.2) is 5.78 Å². The number of ketones is 1. The lowest BCUT2D eigenvalue weighted by atomic mass is 10.4. The van der Waals surface area contributed by atoms with Crippen molar-refractivity contribution < 1.29 is 4.79 Å². The first-order chi connectivity index (χ1) is 5.70. The number of rotatable bonds is 6. The summed E-state index contributed by atoms with van der Waals surface area (Å²) in [5, 5.41) is 0. The van der Waals surface area contributed by atoms with Crippen molar-refractivity contribution in [3.8, 4) is 0 Å². The summed E-state index contributed by atoms with van der Waals surface area (Å²) in [7, 11) is 0. The van der Waals surface area contributed by atoms with Gasteiger partial charge in [-0.25, -0.2) is 0 Å². The highest BCUT2D eigenvalue weighted by atomic mass is 35.5. The summed E-state index contributed by atoms with van der Waals surface area (Å²) in [5.41, 5.74) is 0. The first-order valence-electron chi connectivity index (χ1n) is 3.75. The maximum Gasteiger partial charge on any atom is 0.154 e. The van der Waals surface area contributed by atoms with E-state index >= 15 is 0 Å². The molecule has 0 fully saturated rings. The molecule has 0 amide bonds. The highest BCUT2D eigenvalue weighted by Gasteiger charge is 1.96. The summed E-state index contributed by atoms with van der Waals surface area (Å²) >= 11 is 11.1. The summed E-state index contributed by atoms with van der Waals surface area (Å²) in [5.74, 6) is 1.11. The Kier molecular flexibility index (Phi) is 7.31. The lowest BCUT2D eigenvalue weighted by molar-refractivity contribution is -0.112. The maximum absolute atomic E-state index is 10.6. The van der Waals surface area contributed by atoms with Gasteiger partial charge in [0.05, 0.1) is 0 Å². The predicted molar refractivity (Wildman–Crippen MR) is 52.8 cm³/mol. The van der Waals surface area contributed by atoms with Gasteiger partial charge in [0.2, 0.25) is 0 Å². The zero-order chi connectivity index (χ0) is 9.40. The molecule has 0 bridgehead atoms. The Bertz CT molecular complexity index is 153. The molecule has 0 unspecified atom stereocenters. The van der Waals surface area contributed by atoms with Crippen molar-refractivity contribution in [1.29, 1.82) is 0 Å². The molecule has 0 saturated heterocycles. The molecule has 4 heteroatoms. The molecular formula is C8H13Cl2NO. The normalized spacial score (nSPS) is 10.6. The number of carbonyl (C=O) groups excluding carboxylic acids is 1. The highest BCUT2D eigenvalue weighted by molar-refractivity contribution is 6.18. The van der Waals surface area contributed by atoms with E-state index in [1.54, 1.807) is 6.20 Å². The molecule has 70 valence electrons. The number of hydrogen-bond donors (Lipinski definition) is 0. The lowest BCUT2D eigenvalue weighted by Gasteiger charge is -2.16. The first kappa shape index (κ1) is 11.8. The van der Waals surface area contributed by atoms with Crippen LogP contribution in [0.2, 0.25) is 0 Å². The molecule has 0 aromatic carbocycles. The molecule has 0 aliphatic carbocycles. The molecule has 0 aromatic rings. The molecule has 0 aliphatic heterocycles. The van der Waals surface area contributed by atoms with Gasteiger partial charge in [0.1, 0.15) is 0 Å². The van der Waals surface area contributed by atoms with E-state index in [0.29, 0.717) is 11.8 Å². The largest absolute Gasteiger partial charge is 0.375 e. The Hall–Kier alpha value is -0.210. The second-order valence-electron chi connectivity index (χ2n) is 2.34. The third kappa shape index (κ3) is 6.50. The maximum atomic E-state index is 10.6. The molecule has 12 heavy (non-hydrogen) atoms. The van der Waals surface area contributed by atoms with E-state index in [0.717, 1.165) is 13.1 Å². The van der Waals surface area contributed by atoms with Gasteiger partial charge in [-0.3, -0.25) is 4.79 Å². The summed E-state index contributed by atoms with van der Waals surface area (Å²) in [6, 6.07) is 0. The fraction of sp³-hybridized carbons (Fsp3) is 0.625. The summed E-state index contributed by atoms with van der Waals surface area (Å²) in [4.78, 5) is 12.5. The summed E-state index contributed by atoms with van der Waals surface area (Å²) in [6.45, 7) is 2.95. The van der Waals surface area contributed by atoms with E-state index in [-0.39, 0.29) is 5.78 Å². The van der Waals surface area contributed by atoms with Crippen molar-refractivity contribution in [2.75, 3.05) is 24.8 Å². The number of halogens is 2.